The Labute approximate surface area is 97.1 Å². The van der Waals surface area contributed by atoms with Crippen molar-refractivity contribution >= 4 is 29.4 Å². The Bertz CT molecular complexity index is 474. The second kappa shape index (κ2) is 4.64. The molecule has 2 rings (SSSR count). The third-order valence-electron chi connectivity index (χ3n) is 2.02. The fourth-order valence-electron chi connectivity index (χ4n) is 1.23. The monoisotopic (exact) mass is 234 g/mol. The molecule has 0 amide bonds. The highest BCUT2D eigenvalue weighted by Crippen LogP contribution is 2.34. The van der Waals surface area contributed by atoms with Gasteiger partial charge in [-0.3, -0.25) is 4.79 Å². The number of carbonyl (C=O) groups excluding carboxylic acids is 1. The van der Waals surface area contributed by atoms with Crippen LogP contribution in [0.25, 0.3) is 0 Å². The Kier molecular flexibility index (Phi) is 3.23. The van der Waals surface area contributed by atoms with Gasteiger partial charge in [-0.05, 0) is 30.7 Å². The van der Waals surface area contributed by atoms with E-state index < -0.39 is 0 Å². The molecule has 15 heavy (non-hydrogen) atoms. The number of rotatable bonds is 3. The van der Waals surface area contributed by atoms with Crippen LogP contribution in [0.3, 0.4) is 0 Å². The lowest BCUT2D eigenvalue weighted by molar-refractivity contribution is 0.112. The summed E-state index contributed by atoms with van der Waals surface area (Å²) >= 11 is 3.24. The lowest BCUT2D eigenvalue weighted by atomic mass is 10.2. The van der Waals surface area contributed by atoms with Gasteiger partial charge in [0.2, 0.25) is 0 Å². The minimum atomic E-state index is 0.783. The van der Waals surface area contributed by atoms with E-state index in [1.165, 1.54) is 21.8 Å². The number of carbonyl (C=O) groups is 1. The molecule has 0 N–H and O–H groups in total. The van der Waals surface area contributed by atoms with Crippen LogP contribution in [0.2, 0.25) is 0 Å². The third-order valence-corrected chi connectivity index (χ3v) is 4.34. The molecule has 0 unspecified atom stereocenters. The van der Waals surface area contributed by atoms with Gasteiger partial charge in [-0.1, -0.05) is 30.0 Å². The average molecular weight is 234 g/mol. The molecule has 0 aliphatic heterocycles. The van der Waals surface area contributed by atoms with Gasteiger partial charge in [0.25, 0.3) is 0 Å². The zero-order valence-corrected chi connectivity index (χ0v) is 9.90. The van der Waals surface area contributed by atoms with Gasteiger partial charge in [0, 0.05) is 4.90 Å². The van der Waals surface area contributed by atoms with Gasteiger partial charge >= 0.3 is 0 Å². The van der Waals surface area contributed by atoms with Crippen molar-refractivity contribution in [2.75, 3.05) is 0 Å². The van der Waals surface area contributed by atoms with Crippen LogP contribution in [0.4, 0.5) is 0 Å². The van der Waals surface area contributed by atoms with E-state index in [-0.39, 0.29) is 0 Å². The first kappa shape index (κ1) is 10.5. The molecule has 0 spiro atoms. The van der Waals surface area contributed by atoms with E-state index in [2.05, 4.69) is 19.1 Å². The molecule has 0 aliphatic rings. The van der Waals surface area contributed by atoms with E-state index in [9.17, 15) is 4.79 Å². The number of thiophene rings is 1. The summed E-state index contributed by atoms with van der Waals surface area (Å²) in [5, 5.41) is 0. The highest BCUT2D eigenvalue weighted by molar-refractivity contribution is 8.01. The van der Waals surface area contributed by atoms with Crippen molar-refractivity contribution < 1.29 is 4.79 Å². The van der Waals surface area contributed by atoms with Gasteiger partial charge in [-0.2, -0.15) is 0 Å². The maximum Gasteiger partial charge on any atom is 0.160 e. The van der Waals surface area contributed by atoms with Crippen molar-refractivity contribution in [2.24, 2.45) is 0 Å². The molecule has 0 saturated heterocycles. The zero-order chi connectivity index (χ0) is 10.7. The van der Waals surface area contributed by atoms with Gasteiger partial charge < -0.3 is 0 Å². The Morgan fingerprint density at radius 3 is 2.67 bits per heavy atom. The van der Waals surface area contributed by atoms with Gasteiger partial charge in [0.1, 0.15) is 0 Å². The van der Waals surface area contributed by atoms with Crippen LogP contribution in [-0.2, 0) is 0 Å². The lowest BCUT2D eigenvalue weighted by Gasteiger charge is -2.01. The van der Waals surface area contributed by atoms with Crippen molar-refractivity contribution in [1.82, 2.24) is 0 Å². The molecule has 0 fully saturated rings. The second-order valence-corrected chi connectivity index (χ2v) is 5.60. The van der Waals surface area contributed by atoms with Crippen LogP contribution in [0.15, 0.2) is 45.5 Å². The van der Waals surface area contributed by atoms with E-state index in [0.717, 1.165) is 15.4 Å². The average Bonchev–Trinajstić information content (AvgIpc) is 2.69. The smallest absolute Gasteiger partial charge is 0.160 e. The summed E-state index contributed by atoms with van der Waals surface area (Å²) in [4.78, 5) is 12.6. The van der Waals surface area contributed by atoms with Gasteiger partial charge in [-0.25, -0.2) is 0 Å². The fourth-order valence-corrected chi connectivity index (χ4v) is 3.24. The van der Waals surface area contributed by atoms with Gasteiger partial charge in [0.05, 0.1) is 9.09 Å². The first-order valence-electron chi connectivity index (χ1n) is 4.58. The minimum Gasteiger partial charge on any atom is -0.297 e. The Morgan fingerprint density at radius 2 is 2.00 bits per heavy atom. The summed E-state index contributed by atoms with van der Waals surface area (Å²) in [5.74, 6) is 0. The molecule has 1 heterocycles. The third kappa shape index (κ3) is 2.49. The van der Waals surface area contributed by atoms with Crippen molar-refractivity contribution in [3.05, 3.63) is 46.8 Å². The van der Waals surface area contributed by atoms with Gasteiger partial charge in [-0.15, -0.1) is 11.3 Å². The molecule has 1 aromatic heterocycles. The number of benzene rings is 1. The predicted octanol–water partition coefficient (Wildman–Crippen LogP) is 4.02. The molecule has 0 atom stereocenters. The second-order valence-electron chi connectivity index (χ2n) is 3.14. The predicted molar refractivity (Wildman–Crippen MR) is 65.0 cm³/mol. The molecule has 1 nitrogen and oxygen atoms in total. The van der Waals surface area contributed by atoms with E-state index in [1.54, 1.807) is 11.8 Å². The molecule has 76 valence electrons. The fraction of sp³-hybridized carbons (Fsp3) is 0.0833. The summed E-state index contributed by atoms with van der Waals surface area (Å²) in [6.07, 6.45) is 0.895. The molecular formula is C12H10OS2. The molecular weight excluding hydrogens is 224 g/mol. The lowest BCUT2D eigenvalue weighted by Crippen LogP contribution is -1.75. The van der Waals surface area contributed by atoms with E-state index >= 15 is 0 Å². The summed E-state index contributed by atoms with van der Waals surface area (Å²) in [6.45, 7) is 2.09. The van der Waals surface area contributed by atoms with Crippen LogP contribution in [0.5, 0.6) is 0 Å². The molecule has 2 aromatic rings. The van der Waals surface area contributed by atoms with Crippen molar-refractivity contribution in [3.63, 3.8) is 0 Å². The molecule has 0 radical (unpaired) electrons. The maximum absolute atomic E-state index is 10.5. The van der Waals surface area contributed by atoms with E-state index in [1.807, 2.05) is 24.3 Å². The summed E-state index contributed by atoms with van der Waals surface area (Å²) < 4.78 is 1.16. The highest BCUT2D eigenvalue weighted by Gasteiger charge is 2.03. The van der Waals surface area contributed by atoms with Crippen LogP contribution < -0.4 is 0 Å². The van der Waals surface area contributed by atoms with E-state index in [4.69, 9.17) is 0 Å². The number of aldehydes is 1. The van der Waals surface area contributed by atoms with Crippen LogP contribution in [0, 0.1) is 6.92 Å². The SMILES string of the molecule is Cc1ccccc1Sc1ccc(C=O)s1. The normalized spacial score (nSPS) is 10.2. The minimum absolute atomic E-state index is 0.783. The Hall–Kier alpha value is -1.06. The quantitative estimate of drug-likeness (QED) is 0.746. The van der Waals surface area contributed by atoms with Crippen molar-refractivity contribution in [2.45, 2.75) is 16.0 Å². The summed E-state index contributed by atoms with van der Waals surface area (Å²) in [7, 11) is 0. The Balaban J connectivity index is 2.22. The Morgan fingerprint density at radius 1 is 1.20 bits per heavy atom. The first-order chi connectivity index (χ1) is 7.29. The standard InChI is InChI=1S/C12H10OS2/c1-9-4-2-3-5-11(9)15-12-7-6-10(8-13)14-12/h2-8H,1H3. The van der Waals surface area contributed by atoms with Crippen molar-refractivity contribution in [3.8, 4) is 0 Å². The summed E-state index contributed by atoms with van der Waals surface area (Å²) in [5.41, 5.74) is 1.27. The highest BCUT2D eigenvalue weighted by atomic mass is 32.2. The van der Waals surface area contributed by atoms with Crippen LogP contribution in [-0.4, -0.2) is 6.29 Å². The molecule has 0 saturated carbocycles. The molecule has 0 aliphatic carbocycles. The molecule has 3 heteroatoms. The maximum atomic E-state index is 10.5. The topological polar surface area (TPSA) is 17.1 Å². The first-order valence-corrected chi connectivity index (χ1v) is 6.21. The molecule has 1 aromatic carbocycles. The molecule has 0 bridgehead atoms. The van der Waals surface area contributed by atoms with Gasteiger partial charge in [0.15, 0.2) is 6.29 Å². The number of aryl methyl sites for hydroxylation is 1. The van der Waals surface area contributed by atoms with Crippen molar-refractivity contribution in [1.29, 1.82) is 0 Å². The van der Waals surface area contributed by atoms with Crippen LogP contribution in [0.1, 0.15) is 15.2 Å². The number of hydrogen-bond donors (Lipinski definition) is 0. The largest absolute Gasteiger partial charge is 0.297 e. The number of hydrogen-bond acceptors (Lipinski definition) is 3. The zero-order valence-electron chi connectivity index (χ0n) is 8.27. The van der Waals surface area contributed by atoms with Crippen LogP contribution >= 0.6 is 23.1 Å². The van der Waals surface area contributed by atoms with E-state index in [0.29, 0.717) is 0 Å². The summed E-state index contributed by atoms with van der Waals surface area (Å²) in [6, 6.07) is 12.1.